The van der Waals surface area contributed by atoms with Gasteiger partial charge in [0.1, 0.15) is 19.3 Å². The van der Waals surface area contributed by atoms with Crippen LogP contribution in [0.4, 0.5) is 4.79 Å². The minimum absolute atomic E-state index is 0.0345. The van der Waals surface area contributed by atoms with Crippen molar-refractivity contribution in [1.82, 2.24) is 9.80 Å². The molecule has 1 aliphatic rings. The summed E-state index contributed by atoms with van der Waals surface area (Å²) in [6.07, 6.45) is -0.835. The van der Waals surface area contributed by atoms with E-state index in [1.807, 2.05) is 93.3 Å². The van der Waals surface area contributed by atoms with E-state index < -0.39 is 6.09 Å². The Hall–Kier alpha value is -2.82. The molecule has 0 N–H and O–H groups in total. The van der Waals surface area contributed by atoms with E-state index >= 15 is 0 Å². The fourth-order valence-electron chi connectivity index (χ4n) is 3.77. The number of hydrogen-bond acceptors (Lipinski definition) is 3. The Morgan fingerprint density at radius 1 is 1.07 bits per heavy atom. The van der Waals surface area contributed by atoms with Crippen molar-refractivity contribution in [2.75, 3.05) is 6.54 Å². The van der Waals surface area contributed by atoms with Gasteiger partial charge in [-0.05, 0) is 18.1 Å². The Kier molecular flexibility index (Phi) is 5.73. The Morgan fingerprint density at radius 2 is 1.64 bits per heavy atom. The van der Waals surface area contributed by atoms with E-state index in [0.29, 0.717) is 0 Å². The summed E-state index contributed by atoms with van der Waals surface area (Å²) >= 11 is 0. The van der Waals surface area contributed by atoms with Crippen LogP contribution in [0.15, 0.2) is 60.7 Å². The van der Waals surface area contributed by atoms with Crippen LogP contribution < -0.4 is 0 Å². The van der Waals surface area contributed by atoms with Gasteiger partial charge < -0.3 is 9.64 Å². The van der Waals surface area contributed by atoms with E-state index in [0.717, 1.165) is 11.1 Å². The molecule has 5 heteroatoms. The van der Waals surface area contributed by atoms with Crippen molar-refractivity contribution in [3.63, 3.8) is 0 Å². The second-order valence-corrected chi connectivity index (χ2v) is 8.30. The summed E-state index contributed by atoms with van der Waals surface area (Å²) in [6.45, 7) is 8.35. The summed E-state index contributed by atoms with van der Waals surface area (Å²) in [5, 5.41) is 0. The van der Waals surface area contributed by atoms with E-state index in [4.69, 9.17) is 4.74 Å². The number of carbonyl (C=O) groups excluding carboxylic acids is 2. The van der Waals surface area contributed by atoms with Gasteiger partial charge in [-0.2, -0.15) is 0 Å². The second-order valence-electron chi connectivity index (χ2n) is 8.30. The minimum Gasteiger partial charge on any atom is -0.444 e. The molecule has 2 aromatic carbocycles. The summed E-state index contributed by atoms with van der Waals surface area (Å²) in [4.78, 5) is 29.1. The van der Waals surface area contributed by atoms with Gasteiger partial charge in [0.05, 0.1) is 6.04 Å². The van der Waals surface area contributed by atoms with E-state index in [1.54, 1.807) is 4.90 Å². The van der Waals surface area contributed by atoms with Crippen LogP contribution in [0.25, 0.3) is 0 Å². The molecule has 0 aliphatic carbocycles. The van der Waals surface area contributed by atoms with E-state index in [9.17, 15) is 9.59 Å². The molecule has 1 aliphatic heterocycles. The Bertz CT molecular complexity index is 815. The highest BCUT2D eigenvalue weighted by Crippen LogP contribution is 2.37. The first-order valence-electron chi connectivity index (χ1n) is 9.62. The maximum Gasteiger partial charge on any atom is 0.412 e. The van der Waals surface area contributed by atoms with Crippen molar-refractivity contribution in [1.29, 1.82) is 0 Å². The molecule has 1 fully saturated rings. The number of benzene rings is 2. The zero-order chi connectivity index (χ0) is 20.3. The number of nitrogens with zero attached hydrogens (tertiary/aromatic N) is 2. The molecule has 0 unspecified atom stereocenters. The molecule has 3 rings (SSSR count). The van der Waals surface area contributed by atoms with Gasteiger partial charge in [0, 0.05) is 5.41 Å². The van der Waals surface area contributed by atoms with Gasteiger partial charge >= 0.3 is 6.09 Å². The Morgan fingerprint density at radius 3 is 2.21 bits per heavy atom. The smallest absolute Gasteiger partial charge is 0.412 e. The van der Waals surface area contributed by atoms with E-state index in [1.165, 1.54) is 0 Å². The van der Waals surface area contributed by atoms with E-state index in [-0.39, 0.29) is 36.7 Å². The Balaban J connectivity index is 1.81. The molecule has 2 aromatic rings. The van der Waals surface area contributed by atoms with E-state index in [2.05, 4.69) is 0 Å². The third-order valence-corrected chi connectivity index (χ3v) is 5.07. The van der Waals surface area contributed by atoms with Crippen LogP contribution in [-0.2, 0) is 16.1 Å². The topological polar surface area (TPSA) is 49.9 Å². The van der Waals surface area contributed by atoms with Crippen molar-refractivity contribution in [2.24, 2.45) is 5.41 Å². The molecule has 0 aromatic heterocycles. The number of amides is 2. The molecule has 1 saturated heterocycles. The van der Waals surface area contributed by atoms with Gasteiger partial charge in [-0.15, -0.1) is 0 Å². The second kappa shape index (κ2) is 8.05. The molecular weight excluding hydrogens is 352 g/mol. The highest BCUT2D eigenvalue weighted by Gasteiger charge is 2.49. The standard InChI is InChI=1S/C23H28N2O3/c1-17(19-13-9-6-10-14-19)25-20(26)15-24(21(25)23(2,3)4)22(27)28-16-18-11-7-5-8-12-18/h5-14,17,21H,15-16H2,1-4H3/t17-,21+/m0/s1. The predicted molar refractivity (Wildman–Crippen MR) is 108 cm³/mol. The summed E-state index contributed by atoms with van der Waals surface area (Å²) in [5.41, 5.74) is 1.65. The molecular formula is C23H28N2O3. The maximum atomic E-state index is 12.9. The minimum atomic E-state index is -0.458. The molecule has 5 nitrogen and oxygen atoms in total. The monoisotopic (exact) mass is 380 g/mol. The average molecular weight is 380 g/mol. The third-order valence-electron chi connectivity index (χ3n) is 5.07. The fourth-order valence-corrected chi connectivity index (χ4v) is 3.77. The lowest BCUT2D eigenvalue weighted by atomic mass is 9.90. The zero-order valence-corrected chi connectivity index (χ0v) is 17.0. The van der Waals surface area contributed by atoms with Gasteiger partial charge in [0.15, 0.2) is 0 Å². The quantitative estimate of drug-likeness (QED) is 0.779. The highest BCUT2D eigenvalue weighted by atomic mass is 16.6. The van der Waals surface area contributed by atoms with Crippen molar-refractivity contribution < 1.29 is 14.3 Å². The van der Waals surface area contributed by atoms with Crippen molar-refractivity contribution in [2.45, 2.75) is 46.5 Å². The van der Waals surface area contributed by atoms with Crippen molar-refractivity contribution in [3.8, 4) is 0 Å². The lowest BCUT2D eigenvalue weighted by molar-refractivity contribution is -0.132. The van der Waals surface area contributed by atoms with Gasteiger partial charge in [-0.3, -0.25) is 9.69 Å². The van der Waals surface area contributed by atoms with Crippen LogP contribution in [0.1, 0.15) is 44.9 Å². The van der Waals surface area contributed by atoms with Crippen LogP contribution in [-0.4, -0.2) is 34.5 Å². The SMILES string of the molecule is C[C@@H](c1ccccc1)N1C(=O)CN(C(=O)OCc2ccccc2)[C@H]1C(C)(C)C. The lowest BCUT2D eigenvalue weighted by Gasteiger charge is -2.41. The summed E-state index contributed by atoms with van der Waals surface area (Å²) in [7, 11) is 0. The third kappa shape index (κ3) is 4.19. The molecule has 148 valence electrons. The molecule has 1 heterocycles. The van der Waals surface area contributed by atoms with Crippen LogP contribution in [0.2, 0.25) is 0 Å². The largest absolute Gasteiger partial charge is 0.444 e. The zero-order valence-electron chi connectivity index (χ0n) is 17.0. The highest BCUT2D eigenvalue weighted by molar-refractivity contribution is 5.86. The number of ether oxygens (including phenoxy) is 1. The summed E-state index contributed by atoms with van der Waals surface area (Å²) in [5.74, 6) is -0.0621. The summed E-state index contributed by atoms with van der Waals surface area (Å²) in [6, 6.07) is 19.3. The lowest BCUT2D eigenvalue weighted by Crippen LogP contribution is -2.51. The van der Waals surface area contributed by atoms with Gasteiger partial charge in [-0.1, -0.05) is 81.4 Å². The van der Waals surface area contributed by atoms with Crippen LogP contribution in [0.5, 0.6) is 0 Å². The molecule has 2 amide bonds. The van der Waals surface area contributed by atoms with Gasteiger partial charge in [0.25, 0.3) is 0 Å². The average Bonchev–Trinajstić information content (AvgIpc) is 3.04. The molecule has 0 bridgehead atoms. The molecule has 0 saturated carbocycles. The number of hydrogen-bond donors (Lipinski definition) is 0. The van der Waals surface area contributed by atoms with Crippen LogP contribution in [0, 0.1) is 5.41 Å². The predicted octanol–water partition coefficient (Wildman–Crippen LogP) is 4.60. The first-order chi connectivity index (χ1) is 13.3. The maximum absolute atomic E-state index is 12.9. The van der Waals surface area contributed by atoms with Crippen molar-refractivity contribution in [3.05, 3.63) is 71.8 Å². The first-order valence-corrected chi connectivity index (χ1v) is 9.62. The van der Waals surface area contributed by atoms with Crippen LogP contribution in [0.3, 0.4) is 0 Å². The molecule has 0 radical (unpaired) electrons. The van der Waals surface area contributed by atoms with Gasteiger partial charge in [-0.25, -0.2) is 4.79 Å². The van der Waals surface area contributed by atoms with Crippen molar-refractivity contribution >= 4 is 12.0 Å². The summed E-state index contributed by atoms with van der Waals surface area (Å²) < 4.78 is 5.53. The first kappa shape index (κ1) is 19.9. The Labute approximate surface area is 166 Å². The number of carbonyl (C=O) groups is 2. The molecule has 0 spiro atoms. The molecule has 2 atom stereocenters. The molecule has 28 heavy (non-hydrogen) atoms. The normalized spacial score (nSPS) is 18.3. The fraction of sp³-hybridized carbons (Fsp3) is 0.391. The van der Waals surface area contributed by atoms with Crippen LogP contribution >= 0.6 is 0 Å². The number of rotatable bonds is 4. The van der Waals surface area contributed by atoms with Gasteiger partial charge in [0.2, 0.25) is 5.91 Å².